The van der Waals surface area contributed by atoms with Gasteiger partial charge in [-0.05, 0) is 38.1 Å². The van der Waals surface area contributed by atoms with Crippen molar-refractivity contribution in [1.82, 2.24) is 9.29 Å². The van der Waals surface area contributed by atoms with Crippen LogP contribution >= 0.6 is 11.3 Å². The van der Waals surface area contributed by atoms with Gasteiger partial charge < -0.3 is 9.32 Å². The second-order valence-corrected chi connectivity index (χ2v) is 9.40. The summed E-state index contributed by atoms with van der Waals surface area (Å²) in [4.78, 5) is 7.14. The van der Waals surface area contributed by atoms with E-state index in [1.165, 1.54) is 0 Å². The van der Waals surface area contributed by atoms with Gasteiger partial charge >= 0.3 is 0 Å². The molecule has 4 rings (SSSR count). The quantitative estimate of drug-likeness (QED) is 0.667. The Hall–Kier alpha value is -2.16. The fourth-order valence-corrected chi connectivity index (χ4v) is 5.36. The highest BCUT2D eigenvalue weighted by Gasteiger charge is 2.29. The van der Waals surface area contributed by atoms with Crippen molar-refractivity contribution in [2.45, 2.75) is 18.7 Å². The summed E-state index contributed by atoms with van der Waals surface area (Å²) in [5.74, 6) is 1.62. The van der Waals surface area contributed by atoms with Gasteiger partial charge in [0.25, 0.3) is 0 Å². The van der Waals surface area contributed by atoms with Gasteiger partial charge in [-0.1, -0.05) is 17.7 Å². The van der Waals surface area contributed by atoms with Crippen LogP contribution in [0.1, 0.15) is 11.3 Å². The summed E-state index contributed by atoms with van der Waals surface area (Å²) in [6.45, 7) is 5.99. The zero-order valence-electron chi connectivity index (χ0n) is 15.3. The molecular formula is C19H21N3O3S2. The molecule has 0 N–H and O–H groups in total. The molecule has 0 aliphatic carbocycles. The van der Waals surface area contributed by atoms with E-state index in [2.05, 4.69) is 9.88 Å². The van der Waals surface area contributed by atoms with E-state index in [0.717, 1.165) is 27.9 Å². The van der Waals surface area contributed by atoms with Gasteiger partial charge in [-0.2, -0.15) is 4.31 Å². The average molecular weight is 404 g/mol. The molecule has 142 valence electrons. The van der Waals surface area contributed by atoms with Crippen LogP contribution in [0.5, 0.6) is 0 Å². The van der Waals surface area contributed by atoms with E-state index >= 15 is 0 Å². The highest BCUT2D eigenvalue weighted by molar-refractivity contribution is 7.89. The zero-order valence-corrected chi connectivity index (χ0v) is 16.9. The topological polar surface area (TPSA) is 66.7 Å². The highest BCUT2D eigenvalue weighted by atomic mass is 32.2. The van der Waals surface area contributed by atoms with Gasteiger partial charge in [-0.25, -0.2) is 13.4 Å². The van der Waals surface area contributed by atoms with Gasteiger partial charge in [0.05, 0.1) is 4.90 Å². The van der Waals surface area contributed by atoms with Crippen LogP contribution in [0.4, 0.5) is 5.13 Å². The number of anilines is 1. The number of aryl methyl sites for hydroxylation is 2. The van der Waals surface area contributed by atoms with Crippen molar-refractivity contribution < 1.29 is 12.8 Å². The number of sulfonamides is 1. The molecule has 8 heteroatoms. The van der Waals surface area contributed by atoms with Crippen molar-refractivity contribution >= 4 is 26.5 Å². The molecule has 0 bridgehead atoms. The van der Waals surface area contributed by atoms with Crippen molar-refractivity contribution in [1.29, 1.82) is 0 Å². The number of hydrogen-bond donors (Lipinski definition) is 0. The maximum atomic E-state index is 12.8. The molecule has 0 spiro atoms. The fourth-order valence-electron chi connectivity index (χ4n) is 3.07. The number of hydrogen-bond acceptors (Lipinski definition) is 6. The third-order valence-electron chi connectivity index (χ3n) is 4.65. The monoisotopic (exact) mass is 403 g/mol. The van der Waals surface area contributed by atoms with Gasteiger partial charge in [0.1, 0.15) is 11.5 Å². The molecule has 3 aromatic rings. The number of furan rings is 1. The lowest BCUT2D eigenvalue weighted by atomic mass is 10.2. The van der Waals surface area contributed by atoms with Crippen LogP contribution in [0.25, 0.3) is 11.5 Å². The van der Waals surface area contributed by atoms with E-state index in [1.54, 1.807) is 27.8 Å². The van der Waals surface area contributed by atoms with Gasteiger partial charge in [0.2, 0.25) is 10.0 Å². The van der Waals surface area contributed by atoms with Crippen LogP contribution < -0.4 is 4.90 Å². The normalized spacial score (nSPS) is 16.0. The smallest absolute Gasteiger partial charge is 0.243 e. The average Bonchev–Trinajstić information content (AvgIpc) is 3.31. The Balaban J connectivity index is 1.44. The Morgan fingerprint density at radius 3 is 2.33 bits per heavy atom. The molecule has 1 saturated heterocycles. The molecule has 0 unspecified atom stereocenters. The Kier molecular flexibility index (Phi) is 4.79. The summed E-state index contributed by atoms with van der Waals surface area (Å²) >= 11 is 1.55. The molecule has 0 atom stereocenters. The Morgan fingerprint density at radius 1 is 1.00 bits per heavy atom. The minimum Gasteiger partial charge on any atom is -0.460 e. The van der Waals surface area contributed by atoms with E-state index in [0.29, 0.717) is 31.1 Å². The minimum atomic E-state index is -3.44. The lowest BCUT2D eigenvalue weighted by Crippen LogP contribution is -2.48. The molecule has 1 aromatic carbocycles. The molecular weight excluding hydrogens is 382 g/mol. The van der Waals surface area contributed by atoms with Crippen molar-refractivity contribution in [2.24, 2.45) is 0 Å². The predicted octanol–water partition coefficient (Wildman–Crippen LogP) is 3.53. The first-order valence-corrected chi connectivity index (χ1v) is 11.1. The van der Waals surface area contributed by atoms with E-state index in [1.807, 2.05) is 43.5 Å². The predicted molar refractivity (Wildman–Crippen MR) is 107 cm³/mol. The number of rotatable bonds is 4. The second-order valence-electron chi connectivity index (χ2n) is 6.63. The van der Waals surface area contributed by atoms with Crippen molar-refractivity contribution in [3.63, 3.8) is 0 Å². The summed E-state index contributed by atoms with van der Waals surface area (Å²) in [7, 11) is -3.44. The SMILES string of the molecule is Cc1ccc(S(=O)(=O)N2CCN(c3nc(-c4ccc(C)o4)cs3)CC2)cc1. The first-order chi connectivity index (χ1) is 12.9. The summed E-state index contributed by atoms with van der Waals surface area (Å²) in [6, 6.07) is 10.8. The van der Waals surface area contributed by atoms with Crippen LogP contribution in [0, 0.1) is 13.8 Å². The zero-order chi connectivity index (χ0) is 19.0. The molecule has 0 radical (unpaired) electrons. The van der Waals surface area contributed by atoms with Crippen LogP contribution in [-0.2, 0) is 10.0 Å². The summed E-state index contributed by atoms with van der Waals surface area (Å²) < 4.78 is 32.8. The third-order valence-corrected chi connectivity index (χ3v) is 7.47. The summed E-state index contributed by atoms with van der Waals surface area (Å²) in [5, 5.41) is 2.87. The number of aromatic nitrogens is 1. The molecule has 1 aliphatic heterocycles. The number of nitrogens with zero attached hydrogens (tertiary/aromatic N) is 3. The number of piperazine rings is 1. The summed E-state index contributed by atoms with van der Waals surface area (Å²) in [5.41, 5.74) is 1.86. The van der Waals surface area contributed by atoms with Crippen LogP contribution in [0.15, 0.2) is 51.1 Å². The molecule has 3 heterocycles. The van der Waals surface area contributed by atoms with Crippen molar-refractivity contribution in [3.05, 3.63) is 53.1 Å². The van der Waals surface area contributed by atoms with E-state index in [-0.39, 0.29) is 0 Å². The van der Waals surface area contributed by atoms with Crippen molar-refractivity contribution in [2.75, 3.05) is 31.1 Å². The first kappa shape index (κ1) is 18.2. The lowest BCUT2D eigenvalue weighted by molar-refractivity contribution is 0.385. The third kappa shape index (κ3) is 3.65. The van der Waals surface area contributed by atoms with Gasteiger partial charge in [0, 0.05) is 31.6 Å². The maximum Gasteiger partial charge on any atom is 0.243 e. The van der Waals surface area contributed by atoms with Gasteiger partial charge in [0.15, 0.2) is 10.9 Å². The Bertz CT molecular complexity index is 1030. The van der Waals surface area contributed by atoms with Crippen LogP contribution in [0.3, 0.4) is 0 Å². The molecule has 2 aromatic heterocycles. The Morgan fingerprint density at radius 2 is 1.70 bits per heavy atom. The van der Waals surface area contributed by atoms with Crippen molar-refractivity contribution in [3.8, 4) is 11.5 Å². The second kappa shape index (κ2) is 7.10. The fraction of sp³-hybridized carbons (Fsp3) is 0.316. The van der Waals surface area contributed by atoms with Crippen LogP contribution in [-0.4, -0.2) is 43.9 Å². The van der Waals surface area contributed by atoms with E-state index in [9.17, 15) is 8.42 Å². The molecule has 1 aliphatic rings. The molecule has 0 amide bonds. The summed E-state index contributed by atoms with van der Waals surface area (Å²) in [6.07, 6.45) is 0. The minimum absolute atomic E-state index is 0.353. The molecule has 27 heavy (non-hydrogen) atoms. The lowest BCUT2D eigenvalue weighted by Gasteiger charge is -2.33. The van der Waals surface area contributed by atoms with E-state index in [4.69, 9.17) is 4.42 Å². The Labute approximate surface area is 163 Å². The maximum absolute atomic E-state index is 12.8. The highest BCUT2D eigenvalue weighted by Crippen LogP contribution is 2.29. The van der Waals surface area contributed by atoms with Gasteiger partial charge in [-0.15, -0.1) is 11.3 Å². The first-order valence-electron chi connectivity index (χ1n) is 8.77. The van der Waals surface area contributed by atoms with Gasteiger partial charge in [-0.3, -0.25) is 0 Å². The van der Waals surface area contributed by atoms with E-state index < -0.39 is 10.0 Å². The number of thiazole rings is 1. The molecule has 6 nitrogen and oxygen atoms in total. The molecule has 1 fully saturated rings. The number of benzene rings is 1. The van der Waals surface area contributed by atoms with Crippen LogP contribution in [0.2, 0.25) is 0 Å². The largest absolute Gasteiger partial charge is 0.460 e. The molecule has 0 saturated carbocycles. The standard InChI is InChI=1S/C19H21N3O3S2/c1-14-3-6-16(7-4-14)27(23,24)22-11-9-21(10-12-22)19-20-17(13-26-19)18-8-5-15(2)25-18/h3-8,13H,9-12H2,1-2H3.